The Morgan fingerprint density at radius 3 is 1.87 bits per heavy atom. The molecular formula is C11H20BNO2. The van der Waals surface area contributed by atoms with E-state index in [9.17, 15) is 0 Å². The fourth-order valence-corrected chi connectivity index (χ4v) is 1.45. The van der Waals surface area contributed by atoms with Gasteiger partial charge in [-0.3, -0.25) is 0 Å². The van der Waals surface area contributed by atoms with Gasteiger partial charge < -0.3 is 9.31 Å². The molecule has 0 spiro atoms. The van der Waals surface area contributed by atoms with Crippen molar-refractivity contribution < 1.29 is 9.31 Å². The molecule has 0 atom stereocenters. The van der Waals surface area contributed by atoms with Crippen LogP contribution < -0.4 is 0 Å². The van der Waals surface area contributed by atoms with Crippen LogP contribution in [-0.4, -0.2) is 18.3 Å². The Morgan fingerprint density at radius 1 is 1.13 bits per heavy atom. The SMILES string of the molecule is CC(C)(CC#N)B1OC(C)(C)C(C)(C)O1. The van der Waals surface area contributed by atoms with Gasteiger partial charge in [-0.2, -0.15) is 5.26 Å². The largest absolute Gasteiger partial charge is 0.464 e. The lowest BCUT2D eigenvalue weighted by Crippen LogP contribution is -2.41. The molecule has 1 aliphatic rings. The van der Waals surface area contributed by atoms with E-state index >= 15 is 0 Å². The highest BCUT2D eigenvalue weighted by molar-refractivity contribution is 6.49. The first-order chi connectivity index (χ1) is 6.62. The molecule has 0 unspecified atom stereocenters. The molecule has 0 saturated carbocycles. The molecule has 0 aromatic heterocycles. The molecule has 3 nitrogen and oxygen atoms in total. The summed E-state index contributed by atoms with van der Waals surface area (Å²) in [6, 6.07) is 2.18. The lowest BCUT2D eigenvalue weighted by atomic mass is 9.58. The Balaban J connectivity index is 2.84. The first kappa shape index (κ1) is 12.5. The minimum Gasteiger partial charge on any atom is -0.403 e. The molecule has 1 saturated heterocycles. The summed E-state index contributed by atoms with van der Waals surface area (Å²) in [5.41, 5.74) is -0.630. The Bertz CT molecular complexity index is 275. The number of hydrogen-bond donors (Lipinski definition) is 0. The number of rotatable bonds is 2. The third-order valence-corrected chi connectivity index (χ3v) is 3.43. The van der Waals surface area contributed by atoms with Gasteiger partial charge in [0.25, 0.3) is 0 Å². The van der Waals surface area contributed by atoms with Crippen LogP contribution in [0.4, 0.5) is 0 Å². The molecule has 1 fully saturated rings. The van der Waals surface area contributed by atoms with E-state index in [1.807, 2.05) is 41.5 Å². The highest BCUT2D eigenvalue weighted by Crippen LogP contribution is 2.45. The maximum atomic E-state index is 8.76. The zero-order chi connectivity index (χ0) is 11.9. The summed E-state index contributed by atoms with van der Waals surface area (Å²) in [6.07, 6.45) is 0.434. The van der Waals surface area contributed by atoms with Crippen LogP contribution in [0, 0.1) is 11.3 Å². The van der Waals surface area contributed by atoms with Crippen LogP contribution in [0.3, 0.4) is 0 Å². The Morgan fingerprint density at radius 2 is 1.53 bits per heavy atom. The van der Waals surface area contributed by atoms with Crippen molar-refractivity contribution in [3.63, 3.8) is 0 Å². The van der Waals surface area contributed by atoms with Crippen LogP contribution in [0.15, 0.2) is 0 Å². The second kappa shape index (κ2) is 3.50. The zero-order valence-electron chi connectivity index (χ0n) is 10.5. The predicted molar refractivity (Wildman–Crippen MR) is 60.4 cm³/mol. The van der Waals surface area contributed by atoms with E-state index in [1.165, 1.54) is 0 Å². The summed E-state index contributed by atoms with van der Waals surface area (Å²) in [6.45, 7) is 12.1. The third-order valence-electron chi connectivity index (χ3n) is 3.43. The van der Waals surface area contributed by atoms with E-state index in [0.717, 1.165) is 0 Å². The van der Waals surface area contributed by atoms with Crippen molar-refractivity contribution in [1.29, 1.82) is 5.26 Å². The molecule has 0 aliphatic carbocycles. The summed E-state index contributed by atoms with van der Waals surface area (Å²) in [7, 11) is -0.304. The van der Waals surface area contributed by atoms with Crippen molar-refractivity contribution in [2.75, 3.05) is 0 Å². The molecule has 0 radical (unpaired) electrons. The topological polar surface area (TPSA) is 42.2 Å². The monoisotopic (exact) mass is 209 g/mol. The predicted octanol–water partition coefficient (Wildman–Crippen LogP) is 2.77. The zero-order valence-corrected chi connectivity index (χ0v) is 10.5. The van der Waals surface area contributed by atoms with E-state index in [4.69, 9.17) is 14.6 Å². The Labute approximate surface area is 92.9 Å². The van der Waals surface area contributed by atoms with Crippen LogP contribution in [-0.2, 0) is 9.31 Å². The highest BCUT2D eigenvalue weighted by Gasteiger charge is 2.56. The van der Waals surface area contributed by atoms with Crippen LogP contribution >= 0.6 is 0 Å². The van der Waals surface area contributed by atoms with E-state index in [2.05, 4.69) is 6.07 Å². The van der Waals surface area contributed by atoms with Gasteiger partial charge in [0.05, 0.1) is 17.3 Å². The standard InChI is InChI=1S/C11H20BNO2/c1-9(2,7-8-13)12-14-10(3,4)11(5,6)15-12/h7H2,1-6H3. The smallest absolute Gasteiger partial charge is 0.403 e. The molecule has 0 N–H and O–H groups in total. The average Bonchev–Trinajstić information content (AvgIpc) is 2.21. The van der Waals surface area contributed by atoms with Crippen molar-refractivity contribution in [1.82, 2.24) is 0 Å². The molecule has 1 heterocycles. The van der Waals surface area contributed by atoms with Gasteiger partial charge >= 0.3 is 7.12 Å². The fourth-order valence-electron chi connectivity index (χ4n) is 1.45. The second-order valence-corrected chi connectivity index (χ2v) is 5.91. The molecule has 0 bridgehead atoms. The molecular weight excluding hydrogens is 189 g/mol. The van der Waals surface area contributed by atoms with Gasteiger partial charge in [0, 0.05) is 11.7 Å². The molecule has 0 aromatic rings. The van der Waals surface area contributed by atoms with E-state index in [0.29, 0.717) is 6.42 Å². The minimum atomic E-state index is -0.315. The van der Waals surface area contributed by atoms with E-state index in [1.54, 1.807) is 0 Å². The maximum Gasteiger partial charge on any atom is 0.464 e. The first-order valence-electron chi connectivity index (χ1n) is 5.35. The molecule has 0 amide bonds. The van der Waals surface area contributed by atoms with Crippen molar-refractivity contribution >= 4 is 7.12 Å². The van der Waals surface area contributed by atoms with Gasteiger partial charge in [-0.15, -0.1) is 0 Å². The molecule has 1 aliphatic heterocycles. The second-order valence-electron chi connectivity index (χ2n) is 5.91. The van der Waals surface area contributed by atoms with Gasteiger partial charge in [0.1, 0.15) is 0 Å². The Hall–Kier alpha value is -0.525. The average molecular weight is 209 g/mol. The van der Waals surface area contributed by atoms with Gasteiger partial charge in [-0.25, -0.2) is 0 Å². The summed E-state index contributed by atoms with van der Waals surface area (Å²) in [4.78, 5) is 0. The lowest BCUT2D eigenvalue weighted by Gasteiger charge is -2.32. The molecule has 0 aromatic carbocycles. The molecule has 1 rings (SSSR count). The summed E-state index contributed by atoms with van der Waals surface area (Å²) in [5, 5.41) is 8.50. The number of nitrogens with zero attached hydrogens (tertiary/aromatic N) is 1. The minimum absolute atomic E-state index is 0.264. The van der Waals surface area contributed by atoms with E-state index in [-0.39, 0.29) is 23.6 Å². The lowest BCUT2D eigenvalue weighted by molar-refractivity contribution is 0.00578. The quantitative estimate of drug-likeness (QED) is 0.656. The van der Waals surface area contributed by atoms with Crippen LogP contribution in [0.2, 0.25) is 5.31 Å². The van der Waals surface area contributed by atoms with Gasteiger partial charge in [-0.1, -0.05) is 13.8 Å². The molecule has 84 valence electrons. The number of hydrogen-bond acceptors (Lipinski definition) is 3. The van der Waals surface area contributed by atoms with Crippen LogP contribution in [0.25, 0.3) is 0 Å². The summed E-state index contributed by atoms with van der Waals surface area (Å²) < 4.78 is 11.8. The van der Waals surface area contributed by atoms with Crippen molar-refractivity contribution in [2.24, 2.45) is 0 Å². The first-order valence-corrected chi connectivity index (χ1v) is 5.35. The van der Waals surface area contributed by atoms with Crippen LogP contribution in [0.1, 0.15) is 48.0 Å². The van der Waals surface area contributed by atoms with Crippen molar-refractivity contribution in [3.05, 3.63) is 0 Å². The normalized spacial score (nSPS) is 23.9. The van der Waals surface area contributed by atoms with Gasteiger partial charge in [-0.05, 0) is 27.7 Å². The fraction of sp³-hybridized carbons (Fsp3) is 0.909. The van der Waals surface area contributed by atoms with Gasteiger partial charge in [0.2, 0.25) is 0 Å². The highest BCUT2D eigenvalue weighted by atomic mass is 16.7. The Kier molecular flexibility index (Phi) is 2.93. The van der Waals surface area contributed by atoms with E-state index < -0.39 is 0 Å². The van der Waals surface area contributed by atoms with Crippen molar-refractivity contribution in [2.45, 2.75) is 64.5 Å². The van der Waals surface area contributed by atoms with Crippen LogP contribution in [0.5, 0.6) is 0 Å². The maximum absolute atomic E-state index is 8.76. The summed E-state index contributed by atoms with van der Waals surface area (Å²) in [5.74, 6) is 0. The summed E-state index contributed by atoms with van der Waals surface area (Å²) >= 11 is 0. The molecule has 15 heavy (non-hydrogen) atoms. The third kappa shape index (κ3) is 2.19. The number of nitriles is 1. The molecule has 4 heteroatoms. The van der Waals surface area contributed by atoms with Gasteiger partial charge in [0.15, 0.2) is 0 Å². The van der Waals surface area contributed by atoms with Crippen molar-refractivity contribution in [3.8, 4) is 6.07 Å².